The summed E-state index contributed by atoms with van der Waals surface area (Å²) in [7, 11) is 1.74. The Kier molecular flexibility index (Phi) is 4.97. The number of aromatic amines is 1. The molecule has 0 aliphatic heterocycles. The zero-order valence-electron chi connectivity index (χ0n) is 17.5. The Balaban J connectivity index is 1.32. The number of thiophene rings is 2. The number of halogens is 1. The minimum Gasteiger partial charge on any atom is -0.309 e. The Labute approximate surface area is 199 Å². The van der Waals surface area contributed by atoms with Crippen LogP contribution in [0, 0.1) is 5.82 Å². The first kappa shape index (κ1) is 20.8. The monoisotopic (exact) mass is 496 g/mol. The highest BCUT2D eigenvalue weighted by atomic mass is 32.2. The molecule has 4 heterocycles. The lowest BCUT2D eigenvalue weighted by molar-refractivity contribution is 0.628. The van der Waals surface area contributed by atoms with Crippen LogP contribution in [0.15, 0.2) is 44.4 Å². The molecular formula is C23H17FN4O2S3. The predicted octanol–water partition coefficient (Wildman–Crippen LogP) is 4.88. The summed E-state index contributed by atoms with van der Waals surface area (Å²) in [5.74, 6) is 0.581. The maximum Gasteiger partial charge on any atom is 0.262 e. The molecule has 1 N–H and O–H groups in total. The minimum absolute atomic E-state index is 0.0130. The second-order valence-corrected chi connectivity index (χ2v) is 10.8. The molecular weight excluding hydrogens is 479 g/mol. The number of hydrogen-bond acceptors (Lipinski definition) is 7. The predicted molar refractivity (Wildman–Crippen MR) is 132 cm³/mol. The molecule has 0 amide bonds. The Hall–Kier alpha value is -2.82. The minimum atomic E-state index is -0.321. The molecule has 33 heavy (non-hydrogen) atoms. The molecule has 0 bridgehead atoms. The second-order valence-electron chi connectivity index (χ2n) is 7.93. The van der Waals surface area contributed by atoms with Crippen LogP contribution in [0.3, 0.4) is 0 Å². The van der Waals surface area contributed by atoms with Crippen LogP contribution >= 0.6 is 34.4 Å². The van der Waals surface area contributed by atoms with E-state index in [0.29, 0.717) is 27.0 Å². The molecule has 6 nitrogen and oxygen atoms in total. The SMILES string of the molecule is Cn1c(SCc2nc3scc(-c4ccc(F)cc4)c3c(=O)[nH]2)nc2sc3c(c2c1=O)CCC3. The summed E-state index contributed by atoms with van der Waals surface area (Å²) >= 11 is 4.38. The first-order valence-electron chi connectivity index (χ1n) is 10.4. The highest BCUT2D eigenvalue weighted by Gasteiger charge is 2.22. The van der Waals surface area contributed by atoms with E-state index in [1.807, 2.05) is 5.38 Å². The summed E-state index contributed by atoms with van der Waals surface area (Å²) < 4.78 is 14.9. The molecule has 0 atom stereocenters. The van der Waals surface area contributed by atoms with Crippen molar-refractivity contribution in [1.82, 2.24) is 19.5 Å². The van der Waals surface area contributed by atoms with Crippen LogP contribution in [0.5, 0.6) is 0 Å². The van der Waals surface area contributed by atoms with Crippen molar-refractivity contribution in [2.24, 2.45) is 7.05 Å². The number of thioether (sulfide) groups is 1. The number of hydrogen-bond donors (Lipinski definition) is 1. The highest BCUT2D eigenvalue weighted by Crippen LogP contribution is 2.36. The van der Waals surface area contributed by atoms with Crippen LogP contribution in [-0.2, 0) is 25.6 Å². The number of benzene rings is 1. The summed E-state index contributed by atoms with van der Waals surface area (Å²) in [6.45, 7) is 0. The number of aromatic nitrogens is 4. The summed E-state index contributed by atoms with van der Waals surface area (Å²) in [5, 5.41) is 3.74. The zero-order valence-corrected chi connectivity index (χ0v) is 19.9. The van der Waals surface area contributed by atoms with Crippen molar-refractivity contribution in [2.75, 3.05) is 0 Å². The summed E-state index contributed by atoms with van der Waals surface area (Å²) in [6.07, 6.45) is 3.07. The van der Waals surface area contributed by atoms with Gasteiger partial charge in [-0.1, -0.05) is 23.9 Å². The van der Waals surface area contributed by atoms with Gasteiger partial charge in [-0.15, -0.1) is 22.7 Å². The van der Waals surface area contributed by atoms with Crippen molar-refractivity contribution in [3.63, 3.8) is 0 Å². The molecule has 1 aliphatic carbocycles. The topological polar surface area (TPSA) is 80.6 Å². The Morgan fingerprint density at radius 3 is 2.76 bits per heavy atom. The van der Waals surface area contributed by atoms with E-state index in [4.69, 9.17) is 4.98 Å². The van der Waals surface area contributed by atoms with E-state index in [2.05, 4.69) is 9.97 Å². The number of aryl methyl sites for hydroxylation is 2. The molecule has 1 aromatic carbocycles. The lowest BCUT2D eigenvalue weighted by Gasteiger charge is -2.07. The molecule has 0 unspecified atom stereocenters. The fourth-order valence-corrected chi connectivity index (χ4v) is 7.38. The van der Waals surface area contributed by atoms with Gasteiger partial charge in [0.25, 0.3) is 11.1 Å². The van der Waals surface area contributed by atoms with Gasteiger partial charge in [0.05, 0.1) is 16.5 Å². The van der Waals surface area contributed by atoms with E-state index in [0.717, 1.165) is 40.6 Å². The van der Waals surface area contributed by atoms with Crippen LogP contribution in [0.25, 0.3) is 31.6 Å². The molecule has 166 valence electrons. The van der Waals surface area contributed by atoms with Crippen LogP contribution in [0.2, 0.25) is 0 Å². The Morgan fingerprint density at radius 1 is 1.12 bits per heavy atom. The smallest absolute Gasteiger partial charge is 0.262 e. The number of rotatable bonds is 4. The lowest BCUT2D eigenvalue weighted by Crippen LogP contribution is -2.20. The molecule has 1 aliphatic rings. The van der Waals surface area contributed by atoms with E-state index in [9.17, 15) is 14.0 Å². The standard InChI is InChI=1S/C23H17FN4O2S3/c1-28-22(30)18-13-3-2-4-15(13)33-21(18)27-23(28)32-10-16-25-19(29)17-14(9-31-20(17)26-16)11-5-7-12(24)8-6-11/h5-9H,2-4,10H2,1H3,(H,25,26,29). The van der Waals surface area contributed by atoms with Gasteiger partial charge in [0.15, 0.2) is 5.16 Å². The third-order valence-corrected chi connectivity index (χ3v) is 8.99. The van der Waals surface area contributed by atoms with Gasteiger partial charge < -0.3 is 4.98 Å². The number of fused-ring (bicyclic) bond motifs is 4. The van der Waals surface area contributed by atoms with Crippen molar-refractivity contribution in [2.45, 2.75) is 30.2 Å². The largest absolute Gasteiger partial charge is 0.309 e. The first-order valence-corrected chi connectivity index (χ1v) is 13.1. The van der Waals surface area contributed by atoms with Gasteiger partial charge in [-0.3, -0.25) is 14.2 Å². The van der Waals surface area contributed by atoms with Gasteiger partial charge in [0.1, 0.15) is 21.3 Å². The fraction of sp³-hybridized carbons (Fsp3) is 0.217. The van der Waals surface area contributed by atoms with E-state index < -0.39 is 0 Å². The second kappa shape index (κ2) is 7.89. The average molecular weight is 497 g/mol. The number of nitrogens with one attached hydrogen (secondary N) is 1. The van der Waals surface area contributed by atoms with Crippen molar-refractivity contribution < 1.29 is 4.39 Å². The van der Waals surface area contributed by atoms with E-state index in [1.54, 1.807) is 35.1 Å². The van der Waals surface area contributed by atoms with Crippen LogP contribution in [0.1, 0.15) is 22.7 Å². The molecule has 5 aromatic rings. The molecule has 0 fully saturated rings. The molecule has 10 heteroatoms. The molecule has 6 rings (SSSR count). The lowest BCUT2D eigenvalue weighted by atomic mass is 10.1. The van der Waals surface area contributed by atoms with Gasteiger partial charge in [0, 0.05) is 22.9 Å². The fourth-order valence-electron chi connectivity index (χ4n) is 4.27. The van der Waals surface area contributed by atoms with Gasteiger partial charge >= 0.3 is 0 Å². The van der Waals surface area contributed by atoms with E-state index in [1.165, 1.54) is 45.7 Å². The quantitative estimate of drug-likeness (QED) is 0.283. The van der Waals surface area contributed by atoms with Gasteiger partial charge in [-0.05, 0) is 42.5 Å². The number of nitrogens with zero attached hydrogens (tertiary/aromatic N) is 3. The van der Waals surface area contributed by atoms with Crippen LogP contribution in [-0.4, -0.2) is 19.5 Å². The molecule has 0 spiro atoms. The molecule has 0 radical (unpaired) electrons. The summed E-state index contributed by atoms with van der Waals surface area (Å²) in [5.41, 5.74) is 2.44. The van der Waals surface area contributed by atoms with Gasteiger partial charge in [0.2, 0.25) is 0 Å². The van der Waals surface area contributed by atoms with Crippen molar-refractivity contribution in [3.8, 4) is 11.1 Å². The summed E-state index contributed by atoms with van der Waals surface area (Å²) in [6, 6.07) is 6.06. The average Bonchev–Trinajstić information content (AvgIpc) is 3.50. The van der Waals surface area contributed by atoms with Crippen molar-refractivity contribution in [3.05, 3.63) is 72.4 Å². The Morgan fingerprint density at radius 2 is 1.94 bits per heavy atom. The normalized spacial score (nSPS) is 13.3. The van der Waals surface area contributed by atoms with Gasteiger partial charge in [-0.2, -0.15) is 0 Å². The van der Waals surface area contributed by atoms with E-state index in [-0.39, 0.29) is 16.9 Å². The summed E-state index contributed by atoms with van der Waals surface area (Å²) in [4.78, 5) is 40.8. The van der Waals surface area contributed by atoms with Crippen molar-refractivity contribution >= 4 is 54.9 Å². The number of H-pyrrole nitrogens is 1. The molecule has 0 saturated carbocycles. The third-order valence-electron chi connectivity index (χ3n) is 5.89. The van der Waals surface area contributed by atoms with Crippen LogP contribution in [0.4, 0.5) is 4.39 Å². The highest BCUT2D eigenvalue weighted by molar-refractivity contribution is 7.98. The molecule has 4 aromatic heterocycles. The third kappa shape index (κ3) is 3.44. The van der Waals surface area contributed by atoms with Crippen LogP contribution < -0.4 is 11.1 Å². The molecule has 0 saturated heterocycles. The van der Waals surface area contributed by atoms with E-state index >= 15 is 0 Å². The van der Waals surface area contributed by atoms with Crippen molar-refractivity contribution in [1.29, 1.82) is 0 Å². The Bertz CT molecular complexity index is 1660. The van der Waals surface area contributed by atoms with Gasteiger partial charge in [-0.25, -0.2) is 14.4 Å². The first-order chi connectivity index (χ1) is 16.0. The zero-order chi connectivity index (χ0) is 22.7. The maximum absolute atomic E-state index is 13.3. The maximum atomic E-state index is 13.3.